The summed E-state index contributed by atoms with van der Waals surface area (Å²) in [5, 5.41) is 9.15. The number of aromatic nitrogens is 2. The van der Waals surface area contributed by atoms with Gasteiger partial charge in [0.25, 0.3) is 0 Å². The summed E-state index contributed by atoms with van der Waals surface area (Å²) >= 11 is 5.05. The van der Waals surface area contributed by atoms with Crippen molar-refractivity contribution in [3.05, 3.63) is 52.0 Å². The molecule has 110 valence electrons. The van der Waals surface area contributed by atoms with Crippen LogP contribution in [0.15, 0.2) is 39.8 Å². The average molecular weight is 367 g/mol. The summed E-state index contributed by atoms with van der Waals surface area (Å²) in [7, 11) is 0. The van der Waals surface area contributed by atoms with E-state index in [0.717, 1.165) is 9.37 Å². The van der Waals surface area contributed by atoms with Gasteiger partial charge < -0.3 is 5.11 Å². The van der Waals surface area contributed by atoms with E-state index < -0.39 is 5.97 Å². The lowest BCUT2D eigenvalue weighted by Crippen LogP contribution is -2.09. The summed E-state index contributed by atoms with van der Waals surface area (Å²) in [5.74, 6) is 0.322. The van der Waals surface area contributed by atoms with Crippen LogP contribution in [-0.2, 0) is 5.75 Å². The third-order valence-electron chi connectivity index (χ3n) is 2.81. The fourth-order valence-corrected chi connectivity index (χ4v) is 3.18. The predicted octanol–water partition coefficient (Wildman–Crippen LogP) is 4.35. The van der Waals surface area contributed by atoms with Gasteiger partial charge in [-0.25, -0.2) is 14.8 Å². The maximum absolute atomic E-state index is 11.2. The molecule has 0 amide bonds. The fourth-order valence-electron chi connectivity index (χ4n) is 1.81. The summed E-state index contributed by atoms with van der Waals surface area (Å²) < 4.78 is 1.03. The van der Waals surface area contributed by atoms with Crippen LogP contribution in [0.25, 0.3) is 0 Å². The van der Waals surface area contributed by atoms with Crippen molar-refractivity contribution in [3.63, 3.8) is 0 Å². The molecular weight excluding hydrogens is 352 g/mol. The molecule has 21 heavy (non-hydrogen) atoms. The highest BCUT2D eigenvalue weighted by Gasteiger charge is 2.16. The molecule has 0 aliphatic heterocycles. The molecule has 2 rings (SSSR count). The van der Waals surface area contributed by atoms with Crippen LogP contribution in [0.5, 0.6) is 0 Å². The predicted molar refractivity (Wildman–Crippen MR) is 86.8 cm³/mol. The lowest BCUT2D eigenvalue weighted by Gasteiger charge is -2.10. The van der Waals surface area contributed by atoms with E-state index in [1.807, 2.05) is 38.1 Å². The third kappa shape index (κ3) is 4.28. The van der Waals surface area contributed by atoms with Crippen LogP contribution in [0.3, 0.4) is 0 Å². The minimum Gasteiger partial charge on any atom is -0.478 e. The highest BCUT2D eigenvalue weighted by molar-refractivity contribution is 9.10. The van der Waals surface area contributed by atoms with E-state index in [1.54, 1.807) is 11.8 Å². The van der Waals surface area contributed by atoms with E-state index in [2.05, 4.69) is 25.9 Å². The third-order valence-corrected chi connectivity index (χ3v) is 4.29. The zero-order chi connectivity index (χ0) is 15.4. The molecule has 0 atom stereocenters. The topological polar surface area (TPSA) is 63.1 Å². The van der Waals surface area contributed by atoms with Crippen molar-refractivity contribution in [3.8, 4) is 0 Å². The smallest absolute Gasteiger partial charge is 0.339 e. The van der Waals surface area contributed by atoms with Gasteiger partial charge in [0, 0.05) is 15.6 Å². The van der Waals surface area contributed by atoms with E-state index in [9.17, 15) is 4.79 Å². The van der Waals surface area contributed by atoms with Crippen molar-refractivity contribution in [1.29, 1.82) is 0 Å². The first kappa shape index (κ1) is 16.0. The first-order valence-corrected chi connectivity index (χ1v) is 8.22. The highest BCUT2D eigenvalue weighted by Crippen LogP contribution is 2.25. The molecule has 1 aromatic carbocycles. The van der Waals surface area contributed by atoms with Crippen LogP contribution in [0, 0.1) is 0 Å². The second-order valence-electron chi connectivity index (χ2n) is 4.79. The molecule has 0 saturated heterocycles. The Morgan fingerprint density at radius 2 is 2.19 bits per heavy atom. The van der Waals surface area contributed by atoms with Crippen molar-refractivity contribution < 1.29 is 9.90 Å². The minimum atomic E-state index is -0.982. The van der Waals surface area contributed by atoms with Crippen LogP contribution in [0.4, 0.5) is 0 Å². The lowest BCUT2D eigenvalue weighted by molar-refractivity contribution is 0.0694. The summed E-state index contributed by atoms with van der Waals surface area (Å²) in [4.78, 5) is 20.8. The van der Waals surface area contributed by atoms with E-state index >= 15 is 0 Å². The second kappa shape index (κ2) is 7.04. The van der Waals surface area contributed by atoms with Crippen molar-refractivity contribution in [2.24, 2.45) is 0 Å². The molecule has 4 nitrogen and oxygen atoms in total. The Morgan fingerprint density at radius 3 is 2.81 bits per heavy atom. The molecule has 0 spiro atoms. The Labute approximate surface area is 136 Å². The van der Waals surface area contributed by atoms with Gasteiger partial charge in [-0.1, -0.05) is 35.8 Å². The minimum absolute atomic E-state index is 0.0497. The largest absolute Gasteiger partial charge is 0.478 e. The standard InChI is InChI=1S/C15H15BrN2O2S/c1-9(2)14-12(15(19)20)7-17-13(18-14)8-21-11-5-3-4-10(16)6-11/h3-7,9H,8H2,1-2H3,(H,19,20). The second-order valence-corrected chi connectivity index (χ2v) is 6.76. The van der Waals surface area contributed by atoms with Gasteiger partial charge in [-0.2, -0.15) is 0 Å². The zero-order valence-electron chi connectivity index (χ0n) is 11.7. The first-order valence-electron chi connectivity index (χ1n) is 6.45. The molecule has 1 N–H and O–H groups in total. The number of hydrogen-bond donors (Lipinski definition) is 1. The molecule has 0 bridgehead atoms. The van der Waals surface area contributed by atoms with Crippen molar-refractivity contribution in [1.82, 2.24) is 9.97 Å². The number of hydrogen-bond acceptors (Lipinski definition) is 4. The van der Waals surface area contributed by atoms with E-state index in [4.69, 9.17) is 5.11 Å². The van der Waals surface area contributed by atoms with Crippen LogP contribution in [-0.4, -0.2) is 21.0 Å². The molecule has 6 heteroatoms. The molecule has 2 aromatic rings. The Bertz CT molecular complexity index is 662. The summed E-state index contributed by atoms with van der Waals surface area (Å²) in [6.07, 6.45) is 1.40. The zero-order valence-corrected chi connectivity index (χ0v) is 14.1. The Balaban J connectivity index is 2.17. The number of halogens is 1. The van der Waals surface area contributed by atoms with Crippen molar-refractivity contribution in [2.45, 2.75) is 30.4 Å². The Hall–Kier alpha value is -1.40. The molecule has 0 saturated carbocycles. The number of aromatic carboxylic acids is 1. The maximum Gasteiger partial charge on any atom is 0.339 e. The number of rotatable bonds is 5. The van der Waals surface area contributed by atoms with Crippen molar-refractivity contribution in [2.75, 3.05) is 0 Å². The van der Waals surface area contributed by atoms with Crippen LogP contribution >= 0.6 is 27.7 Å². The van der Waals surface area contributed by atoms with Gasteiger partial charge in [0.1, 0.15) is 5.82 Å². The number of nitrogens with zero attached hydrogens (tertiary/aromatic N) is 2. The number of carboxylic acids is 1. The SMILES string of the molecule is CC(C)c1nc(CSc2cccc(Br)c2)ncc1C(=O)O. The van der Waals surface area contributed by atoms with Gasteiger partial charge in [0.2, 0.25) is 0 Å². The number of thioether (sulfide) groups is 1. The molecule has 0 radical (unpaired) electrons. The molecular formula is C15H15BrN2O2S. The maximum atomic E-state index is 11.2. The number of benzene rings is 1. The molecule has 0 unspecified atom stereocenters. The average Bonchev–Trinajstić information content (AvgIpc) is 2.44. The molecule has 0 fully saturated rings. The van der Waals surface area contributed by atoms with E-state index in [-0.39, 0.29) is 11.5 Å². The van der Waals surface area contributed by atoms with Crippen LogP contribution < -0.4 is 0 Å². The van der Waals surface area contributed by atoms with Gasteiger partial charge >= 0.3 is 5.97 Å². The fraction of sp³-hybridized carbons (Fsp3) is 0.267. The molecule has 1 aromatic heterocycles. The summed E-state index contributed by atoms with van der Waals surface area (Å²) in [5.41, 5.74) is 0.767. The monoisotopic (exact) mass is 366 g/mol. The number of carbonyl (C=O) groups is 1. The van der Waals surface area contributed by atoms with E-state index in [1.165, 1.54) is 6.20 Å². The first-order chi connectivity index (χ1) is 9.97. The van der Waals surface area contributed by atoms with Gasteiger partial charge in [0.05, 0.1) is 17.0 Å². The Kier molecular flexibility index (Phi) is 5.36. The summed E-state index contributed by atoms with van der Waals surface area (Å²) in [6.45, 7) is 3.86. The lowest BCUT2D eigenvalue weighted by atomic mass is 10.1. The van der Waals surface area contributed by atoms with Crippen molar-refractivity contribution >= 4 is 33.7 Å². The molecule has 0 aliphatic rings. The Morgan fingerprint density at radius 1 is 1.43 bits per heavy atom. The van der Waals surface area contributed by atoms with Gasteiger partial charge in [-0.05, 0) is 24.1 Å². The highest BCUT2D eigenvalue weighted by atomic mass is 79.9. The van der Waals surface area contributed by atoms with Crippen LogP contribution in [0.1, 0.15) is 41.6 Å². The normalized spacial score (nSPS) is 10.9. The molecule has 0 aliphatic carbocycles. The summed E-state index contributed by atoms with van der Waals surface area (Å²) in [6, 6.07) is 7.99. The van der Waals surface area contributed by atoms with Crippen LogP contribution in [0.2, 0.25) is 0 Å². The van der Waals surface area contributed by atoms with Gasteiger partial charge in [-0.3, -0.25) is 0 Å². The van der Waals surface area contributed by atoms with Gasteiger partial charge in [0.15, 0.2) is 0 Å². The number of carboxylic acid groups (broad SMARTS) is 1. The van der Waals surface area contributed by atoms with Gasteiger partial charge in [-0.15, -0.1) is 11.8 Å². The quantitative estimate of drug-likeness (QED) is 0.796. The van der Waals surface area contributed by atoms with E-state index in [0.29, 0.717) is 17.3 Å². The molecule has 1 heterocycles.